The van der Waals surface area contributed by atoms with Crippen LogP contribution in [0.3, 0.4) is 0 Å². The van der Waals surface area contributed by atoms with E-state index in [9.17, 15) is 9.59 Å². The Morgan fingerprint density at radius 2 is 2.03 bits per heavy atom. The summed E-state index contributed by atoms with van der Waals surface area (Å²) in [5, 5.41) is 10.1. The third-order valence-corrected chi connectivity index (χ3v) is 5.00. The lowest BCUT2D eigenvalue weighted by atomic mass is 10.1. The fourth-order valence-corrected chi connectivity index (χ4v) is 3.50. The lowest BCUT2D eigenvalue weighted by molar-refractivity contribution is -0.114. The Labute approximate surface area is 173 Å². The number of pyridine rings is 1. The number of nitrogens with two attached hydrogens (primary N) is 1. The largest absolute Gasteiger partial charge is 0.383 e. The molecule has 1 saturated heterocycles. The zero-order chi connectivity index (χ0) is 21.1. The van der Waals surface area contributed by atoms with E-state index in [2.05, 4.69) is 30.6 Å². The fraction of sp³-hybridized carbons (Fsp3) is 0.350. The van der Waals surface area contributed by atoms with Crippen molar-refractivity contribution in [3.05, 3.63) is 36.2 Å². The number of imidazole rings is 1. The van der Waals surface area contributed by atoms with E-state index in [4.69, 9.17) is 5.73 Å². The molecule has 4 heterocycles. The SMILES string of the molecule is CC(=O)Nc1cn2nc(-c3cnc(N)c(C(=O)NCCN4CCCC4)c3)ccc2n1. The van der Waals surface area contributed by atoms with Crippen molar-refractivity contribution in [3.63, 3.8) is 0 Å². The highest BCUT2D eigenvalue weighted by Crippen LogP contribution is 2.21. The van der Waals surface area contributed by atoms with Crippen molar-refractivity contribution < 1.29 is 9.59 Å². The Morgan fingerprint density at radius 1 is 1.23 bits per heavy atom. The van der Waals surface area contributed by atoms with Gasteiger partial charge in [0, 0.05) is 31.8 Å². The Bertz CT molecular complexity index is 1090. The van der Waals surface area contributed by atoms with Crippen molar-refractivity contribution in [2.75, 3.05) is 37.2 Å². The predicted octanol–water partition coefficient (Wildman–Crippen LogP) is 1.16. The van der Waals surface area contributed by atoms with Crippen LogP contribution in [-0.2, 0) is 4.79 Å². The quantitative estimate of drug-likeness (QED) is 0.558. The summed E-state index contributed by atoms with van der Waals surface area (Å²) in [5.74, 6) is 0.133. The van der Waals surface area contributed by atoms with Crippen molar-refractivity contribution in [1.82, 2.24) is 29.8 Å². The maximum Gasteiger partial charge on any atom is 0.255 e. The molecule has 10 nitrogen and oxygen atoms in total. The number of rotatable bonds is 6. The average molecular weight is 408 g/mol. The number of anilines is 2. The summed E-state index contributed by atoms with van der Waals surface area (Å²) in [7, 11) is 0. The number of carbonyl (C=O) groups is 2. The summed E-state index contributed by atoms with van der Waals surface area (Å²) in [6.07, 6.45) is 5.63. The Kier molecular flexibility index (Phi) is 5.57. The summed E-state index contributed by atoms with van der Waals surface area (Å²) in [5.41, 5.74) is 8.12. The molecule has 156 valence electrons. The number of aromatic nitrogens is 4. The van der Waals surface area contributed by atoms with E-state index in [0.29, 0.717) is 34.8 Å². The predicted molar refractivity (Wildman–Crippen MR) is 113 cm³/mol. The summed E-state index contributed by atoms with van der Waals surface area (Å²) in [6, 6.07) is 5.25. The minimum atomic E-state index is -0.252. The second kappa shape index (κ2) is 8.46. The minimum absolute atomic E-state index is 0.175. The zero-order valence-corrected chi connectivity index (χ0v) is 16.8. The van der Waals surface area contributed by atoms with Gasteiger partial charge in [0.25, 0.3) is 5.91 Å². The van der Waals surface area contributed by atoms with Crippen LogP contribution in [0.2, 0.25) is 0 Å². The topological polar surface area (TPSA) is 131 Å². The van der Waals surface area contributed by atoms with Gasteiger partial charge in [-0.2, -0.15) is 5.10 Å². The van der Waals surface area contributed by atoms with Crippen molar-refractivity contribution in [2.45, 2.75) is 19.8 Å². The Balaban J connectivity index is 1.51. The lowest BCUT2D eigenvalue weighted by Gasteiger charge is -2.15. The van der Waals surface area contributed by atoms with Crippen LogP contribution in [0, 0.1) is 0 Å². The molecule has 4 N–H and O–H groups in total. The molecule has 1 fully saturated rings. The first-order valence-electron chi connectivity index (χ1n) is 9.90. The first-order valence-corrected chi connectivity index (χ1v) is 9.90. The van der Waals surface area contributed by atoms with Crippen LogP contribution in [0.5, 0.6) is 0 Å². The van der Waals surface area contributed by atoms with E-state index in [0.717, 1.165) is 19.6 Å². The number of nitrogens with one attached hydrogen (secondary N) is 2. The second-order valence-electron chi connectivity index (χ2n) is 7.29. The van der Waals surface area contributed by atoms with Gasteiger partial charge in [-0.3, -0.25) is 9.59 Å². The molecule has 0 aliphatic carbocycles. The van der Waals surface area contributed by atoms with Gasteiger partial charge in [0.05, 0.1) is 17.5 Å². The molecule has 0 atom stereocenters. The smallest absolute Gasteiger partial charge is 0.255 e. The van der Waals surface area contributed by atoms with Gasteiger partial charge in [-0.15, -0.1) is 0 Å². The number of nitrogen functional groups attached to an aromatic ring is 1. The number of hydrogen-bond acceptors (Lipinski definition) is 7. The van der Waals surface area contributed by atoms with Crippen LogP contribution in [0.4, 0.5) is 11.6 Å². The van der Waals surface area contributed by atoms with Gasteiger partial charge in [0.1, 0.15) is 5.82 Å². The van der Waals surface area contributed by atoms with E-state index in [1.807, 2.05) is 0 Å². The molecule has 3 aromatic heterocycles. The van der Waals surface area contributed by atoms with E-state index in [-0.39, 0.29) is 17.6 Å². The van der Waals surface area contributed by atoms with Gasteiger partial charge in [0.2, 0.25) is 5.91 Å². The summed E-state index contributed by atoms with van der Waals surface area (Å²) in [4.78, 5) is 34.6. The first kappa shape index (κ1) is 19.8. The molecular formula is C20H24N8O2. The third kappa shape index (κ3) is 4.38. The van der Waals surface area contributed by atoms with E-state index < -0.39 is 0 Å². The highest BCUT2D eigenvalue weighted by molar-refractivity contribution is 5.99. The zero-order valence-electron chi connectivity index (χ0n) is 16.8. The molecular weight excluding hydrogens is 384 g/mol. The van der Waals surface area contributed by atoms with Crippen LogP contribution in [0.1, 0.15) is 30.1 Å². The Morgan fingerprint density at radius 3 is 2.80 bits per heavy atom. The molecule has 0 spiro atoms. The van der Waals surface area contributed by atoms with Crippen molar-refractivity contribution in [1.29, 1.82) is 0 Å². The molecule has 10 heteroatoms. The summed E-state index contributed by atoms with van der Waals surface area (Å²) >= 11 is 0. The lowest BCUT2D eigenvalue weighted by Crippen LogP contribution is -2.33. The monoisotopic (exact) mass is 408 g/mol. The second-order valence-corrected chi connectivity index (χ2v) is 7.29. The molecule has 3 aromatic rings. The highest BCUT2D eigenvalue weighted by Gasteiger charge is 2.15. The van der Waals surface area contributed by atoms with E-state index in [1.165, 1.54) is 19.8 Å². The van der Waals surface area contributed by atoms with Crippen LogP contribution in [0.25, 0.3) is 16.9 Å². The van der Waals surface area contributed by atoms with Crippen molar-refractivity contribution in [3.8, 4) is 11.3 Å². The number of hydrogen-bond donors (Lipinski definition) is 3. The number of nitrogens with zero attached hydrogens (tertiary/aromatic N) is 5. The van der Waals surface area contributed by atoms with Crippen LogP contribution < -0.4 is 16.4 Å². The molecule has 1 aliphatic heterocycles. The molecule has 0 bridgehead atoms. The van der Waals surface area contributed by atoms with Crippen molar-refractivity contribution >= 4 is 29.1 Å². The number of likely N-dealkylation sites (tertiary alicyclic amines) is 1. The van der Waals surface area contributed by atoms with Gasteiger partial charge < -0.3 is 21.3 Å². The van der Waals surface area contributed by atoms with Gasteiger partial charge in [0.15, 0.2) is 11.5 Å². The van der Waals surface area contributed by atoms with E-state index in [1.54, 1.807) is 35.1 Å². The normalized spacial score (nSPS) is 14.2. The van der Waals surface area contributed by atoms with E-state index >= 15 is 0 Å². The van der Waals surface area contributed by atoms with Crippen LogP contribution in [-0.4, -0.2) is 62.5 Å². The van der Waals surface area contributed by atoms with Crippen molar-refractivity contribution in [2.24, 2.45) is 0 Å². The maximum atomic E-state index is 12.6. The van der Waals surface area contributed by atoms with Gasteiger partial charge in [-0.25, -0.2) is 14.5 Å². The molecule has 0 saturated carbocycles. The molecule has 30 heavy (non-hydrogen) atoms. The Hall–Kier alpha value is -3.53. The van der Waals surface area contributed by atoms with Crippen LogP contribution in [0.15, 0.2) is 30.6 Å². The molecule has 0 unspecified atom stereocenters. The van der Waals surface area contributed by atoms with Gasteiger partial charge in [-0.05, 0) is 44.1 Å². The molecule has 0 radical (unpaired) electrons. The van der Waals surface area contributed by atoms with Crippen LogP contribution >= 0.6 is 0 Å². The number of fused-ring (bicyclic) bond motifs is 1. The molecule has 4 rings (SSSR count). The minimum Gasteiger partial charge on any atom is -0.383 e. The molecule has 1 aliphatic rings. The van der Waals surface area contributed by atoms with Gasteiger partial charge >= 0.3 is 0 Å². The molecule has 0 aromatic carbocycles. The average Bonchev–Trinajstić information content (AvgIpc) is 3.36. The standard InChI is InChI=1S/C20H24N8O2/c1-13(29)24-17-12-28-18(25-17)5-4-16(26-28)14-10-15(19(21)23-11-14)20(30)22-6-9-27-7-2-3-8-27/h4-5,10-12H,2-3,6-9H2,1H3,(H2,21,23)(H,22,30)(H,24,29). The maximum absolute atomic E-state index is 12.6. The first-order chi connectivity index (χ1) is 14.5. The third-order valence-electron chi connectivity index (χ3n) is 5.00. The number of carbonyl (C=O) groups excluding carboxylic acids is 2. The fourth-order valence-electron chi connectivity index (χ4n) is 3.50. The summed E-state index contributed by atoms with van der Waals surface area (Å²) < 4.78 is 1.56. The molecule has 2 amide bonds. The number of amides is 2. The highest BCUT2D eigenvalue weighted by atomic mass is 16.2. The summed E-state index contributed by atoms with van der Waals surface area (Å²) in [6.45, 7) is 4.98. The van der Waals surface area contributed by atoms with Gasteiger partial charge in [-0.1, -0.05) is 0 Å².